The molecular weight excluding hydrogens is 384 g/mol. The zero-order chi connectivity index (χ0) is 19.4. The number of carbonyl (C=O) groups excluding carboxylic acids is 1. The lowest BCUT2D eigenvalue weighted by Crippen LogP contribution is -2.39. The Balaban J connectivity index is 2.04. The lowest BCUT2D eigenvalue weighted by molar-refractivity contribution is -0.113. The molecule has 0 amide bonds. The third-order valence-electron chi connectivity index (χ3n) is 4.21. The quantitative estimate of drug-likeness (QED) is 0.523. The summed E-state index contributed by atoms with van der Waals surface area (Å²) in [6, 6.07) is 12.5. The van der Waals surface area contributed by atoms with Gasteiger partial charge < -0.3 is 4.90 Å². The van der Waals surface area contributed by atoms with Crippen molar-refractivity contribution < 1.29 is 13.6 Å². The number of thiocarbonyl (C=S) groups is 1. The molecule has 1 heterocycles. The van der Waals surface area contributed by atoms with Crippen LogP contribution in [0.15, 0.2) is 59.7 Å². The first-order valence-electron chi connectivity index (χ1n) is 8.27. The maximum absolute atomic E-state index is 14.0. The maximum atomic E-state index is 14.0. The molecule has 0 atom stereocenters. The number of halogens is 2. The molecule has 0 radical (unpaired) electrons. The van der Waals surface area contributed by atoms with Crippen molar-refractivity contribution in [3.8, 4) is 0 Å². The van der Waals surface area contributed by atoms with Crippen LogP contribution in [0.2, 0.25) is 0 Å². The standard InChI is InChI=1S/C21H17F2NOS2/c1-27-21(26)24-12-16(10-14-6-2-4-8-18(14)22)20(25)17(13-24)11-15-7-3-5-9-19(15)23/h2-11H,12-13H2,1H3/b16-10+,17-11+. The Bertz CT molecular complexity index is 885. The van der Waals surface area contributed by atoms with Crippen LogP contribution in [0.4, 0.5) is 8.78 Å². The van der Waals surface area contributed by atoms with Crippen LogP contribution in [0.3, 0.4) is 0 Å². The molecule has 0 bridgehead atoms. The second-order valence-corrected chi connectivity index (χ2v) is 7.48. The van der Waals surface area contributed by atoms with E-state index in [9.17, 15) is 13.6 Å². The van der Waals surface area contributed by atoms with E-state index >= 15 is 0 Å². The second kappa shape index (κ2) is 8.59. The normalized spacial score (nSPS) is 17.6. The van der Waals surface area contributed by atoms with Gasteiger partial charge in [-0.3, -0.25) is 4.79 Å². The highest BCUT2D eigenvalue weighted by Gasteiger charge is 2.27. The molecule has 0 unspecified atom stereocenters. The van der Waals surface area contributed by atoms with Crippen LogP contribution in [0.25, 0.3) is 12.2 Å². The molecule has 138 valence electrons. The number of benzene rings is 2. The lowest BCUT2D eigenvalue weighted by atomic mass is 9.94. The van der Waals surface area contributed by atoms with Crippen LogP contribution in [0.1, 0.15) is 11.1 Å². The van der Waals surface area contributed by atoms with Gasteiger partial charge in [0.1, 0.15) is 16.0 Å². The SMILES string of the molecule is CSC(=S)N1C/C(=C\c2ccccc2F)C(=O)/C(=C/c2ccccc2F)C1. The Morgan fingerprint density at radius 1 is 0.963 bits per heavy atom. The Labute approximate surface area is 166 Å². The zero-order valence-corrected chi connectivity index (χ0v) is 16.2. The van der Waals surface area contributed by atoms with Gasteiger partial charge in [-0.15, -0.1) is 11.8 Å². The average molecular weight is 402 g/mol. The highest BCUT2D eigenvalue weighted by Crippen LogP contribution is 2.25. The summed E-state index contributed by atoms with van der Waals surface area (Å²) in [5.74, 6) is -1.02. The first-order chi connectivity index (χ1) is 13.0. The van der Waals surface area contributed by atoms with Crippen molar-refractivity contribution in [1.29, 1.82) is 0 Å². The van der Waals surface area contributed by atoms with E-state index in [0.29, 0.717) is 39.7 Å². The van der Waals surface area contributed by atoms with E-state index in [2.05, 4.69) is 0 Å². The molecule has 1 aliphatic rings. The van der Waals surface area contributed by atoms with Gasteiger partial charge in [0, 0.05) is 35.4 Å². The van der Waals surface area contributed by atoms with Crippen molar-refractivity contribution >= 4 is 46.2 Å². The van der Waals surface area contributed by atoms with E-state index in [4.69, 9.17) is 12.2 Å². The third kappa shape index (κ3) is 4.51. The van der Waals surface area contributed by atoms with Gasteiger partial charge in [-0.1, -0.05) is 48.6 Å². The predicted octanol–water partition coefficient (Wildman–Crippen LogP) is 4.96. The summed E-state index contributed by atoms with van der Waals surface area (Å²) in [5.41, 5.74) is 1.52. The van der Waals surface area contributed by atoms with Crippen LogP contribution in [0.5, 0.6) is 0 Å². The van der Waals surface area contributed by atoms with E-state index in [1.54, 1.807) is 48.6 Å². The molecule has 1 saturated heterocycles. The van der Waals surface area contributed by atoms with Crippen molar-refractivity contribution in [3.63, 3.8) is 0 Å². The number of Topliss-reactive ketones (excluding diaryl/α,β-unsaturated/α-hetero) is 1. The number of ketones is 1. The molecule has 6 heteroatoms. The van der Waals surface area contributed by atoms with Gasteiger partial charge in [0.2, 0.25) is 0 Å². The summed E-state index contributed by atoms with van der Waals surface area (Å²) in [5, 5.41) is 0. The topological polar surface area (TPSA) is 20.3 Å². The number of rotatable bonds is 2. The minimum Gasteiger partial charge on any atom is -0.349 e. The summed E-state index contributed by atoms with van der Waals surface area (Å²) in [4.78, 5) is 14.8. The first-order valence-corrected chi connectivity index (χ1v) is 9.90. The number of carbonyl (C=O) groups is 1. The number of hydrogen-bond acceptors (Lipinski definition) is 3. The zero-order valence-electron chi connectivity index (χ0n) is 14.6. The summed E-state index contributed by atoms with van der Waals surface area (Å²) >= 11 is 6.77. The van der Waals surface area contributed by atoms with Gasteiger partial charge in [-0.2, -0.15) is 0 Å². The molecular formula is C21H17F2NOS2. The Morgan fingerprint density at radius 3 is 1.81 bits per heavy atom. The van der Waals surface area contributed by atoms with Gasteiger partial charge in [0.15, 0.2) is 5.78 Å². The van der Waals surface area contributed by atoms with Crippen LogP contribution in [-0.2, 0) is 4.79 Å². The van der Waals surface area contributed by atoms with Gasteiger partial charge in [0.25, 0.3) is 0 Å². The molecule has 2 nitrogen and oxygen atoms in total. The Kier molecular flexibility index (Phi) is 6.19. The average Bonchev–Trinajstić information content (AvgIpc) is 2.67. The van der Waals surface area contributed by atoms with Gasteiger partial charge in [-0.25, -0.2) is 8.78 Å². The first kappa shape index (κ1) is 19.5. The fraction of sp³-hybridized carbons (Fsp3) is 0.143. The van der Waals surface area contributed by atoms with Gasteiger partial charge in [-0.05, 0) is 30.5 Å². The van der Waals surface area contributed by atoms with E-state index in [1.807, 2.05) is 11.2 Å². The maximum Gasteiger partial charge on any atom is 0.188 e. The van der Waals surface area contributed by atoms with E-state index in [0.717, 1.165) is 0 Å². The van der Waals surface area contributed by atoms with Gasteiger partial charge in [0.05, 0.1) is 0 Å². The van der Waals surface area contributed by atoms with E-state index in [1.165, 1.54) is 23.9 Å². The summed E-state index contributed by atoms with van der Waals surface area (Å²) in [6.45, 7) is 0.586. The molecule has 1 aliphatic heterocycles. The van der Waals surface area contributed by atoms with E-state index in [-0.39, 0.29) is 5.78 Å². The fourth-order valence-corrected chi connectivity index (χ4v) is 3.37. The van der Waals surface area contributed by atoms with Crippen LogP contribution < -0.4 is 0 Å². The van der Waals surface area contributed by atoms with Gasteiger partial charge >= 0.3 is 0 Å². The summed E-state index contributed by atoms with van der Waals surface area (Å²) in [7, 11) is 0. The number of likely N-dealkylation sites (tertiary alicyclic amines) is 1. The molecule has 2 aromatic carbocycles. The summed E-state index contributed by atoms with van der Waals surface area (Å²) in [6.07, 6.45) is 4.95. The number of nitrogens with zero attached hydrogens (tertiary/aromatic N) is 1. The van der Waals surface area contributed by atoms with Crippen molar-refractivity contribution in [2.75, 3.05) is 19.3 Å². The second-order valence-electron chi connectivity index (χ2n) is 6.04. The predicted molar refractivity (Wildman–Crippen MR) is 111 cm³/mol. The number of hydrogen-bond donors (Lipinski definition) is 0. The molecule has 0 N–H and O–H groups in total. The highest BCUT2D eigenvalue weighted by atomic mass is 32.2. The van der Waals surface area contributed by atoms with Crippen molar-refractivity contribution in [1.82, 2.24) is 4.90 Å². The molecule has 0 spiro atoms. The molecule has 3 rings (SSSR count). The molecule has 0 aliphatic carbocycles. The number of piperidine rings is 1. The Morgan fingerprint density at radius 2 is 1.41 bits per heavy atom. The molecule has 0 aromatic heterocycles. The monoisotopic (exact) mass is 401 g/mol. The molecule has 27 heavy (non-hydrogen) atoms. The summed E-state index contributed by atoms with van der Waals surface area (Å²) < 4.78 is 28.7. The van der Waals surface area contributed by atoms with Crippen LogP contribution >= 0.6 is 24.0 Å². The van der Waals surface area contributed by atoms with Crippen LogP contribution in [-0.4, -0.2) is 34.3 Å². The number of thioether (sulfide) groups is 1. The van der Waals surface area contributed by atoms with Crippen molar-refractivity contribution in [3.05, 3.63) is 82.4 Å². The highest BCUT2D eigenvalue weighted by molar-refractivity contribution is 8.22. The van der Waals surface area contributed by atoms with Crippen molar-refractivity contribution in [2.24, 2.45) is 0 Å². The van der Waals surface area contributed by atoms with Crippen LogP contribution in [0, 0.1) is 11.6 Å². The molecule has 1 fully saturated rings. The minimum absolute atomic E-state index is 0.221. The fourth-order valence-electron chi connectivity index (χ4n) is 2.86. The smallest absolute Gasteiger partial charge is 0.188 e. The van der Waals surface area contributed by atoms with E-state index < -0.39 is 11.6 Å². The Hall–Kier alpha value is -2.31. The molecule has 2 aromatic rings. The third-order valence-corrected chi connectivity index (χ3v) is 5.57. The lowest BCUT2D eigenvalue weighted by Gasteiger charge is -2.31. The minimum atomic E-state index is -0.401. The van der Waals surface area contributed by atoms with Crippen molar-refractivity contribution in [2.45, 2.75) is 0 Å². The largest absolute Gasteiger partial charge is 0.349 e. The molecule has 0 saturated carbocycles.